The smallest absolute Gasteiger partial charge is 0.255 e. The Bertz CT molecular complexity index is 1070. The highest BCUT2D eigenvalue weighted by molar-refractivity contribution is 6.32. The summed E-state index contributed by atoms with van der Waals surface area (Å²) in [7, 11) is 0. The second kappa shape index (κ2) is 8.43. The minimum absolute atomic E-state index is 0.0887. The van der Waals surface area contributed by atoms with Gasteiger partial charge in [0.1, 0.15) is 11.9 Å². The molecule has 2 aromatic rings. The second-order valence-corrected chi connectivity index (χ2v) is 8.74. The number of carbonyl (C=O) groups excluding carboxylic acids is 3. The first-order chi connectivity index (χ1) is 15.5. The minimum Gasteiger partial charge on any atom is -0.352 e. The number of hydrogen-bond donors (Lipinski definition) is 1. The molecule has 32 heavy (non-hydrogen) atoms. The first-order valence-electron chi connectivity index (χ1n) is 10.9. The van der Waals surface area contributed by atoms with Gasteiger partial charge in [0, 0.05) is 44.0 Å². The van der Waals surface area contributed by atoms with Crippen LogP contribution in [0, 0.1) is 0 Å². The molecule has 2 aliphatic heterocycles. The van der Waals surface area contributed by atoms with Gasteiger partial charge in [-0.25, -0.2) is 4.98 Å². The van der Waals surface area contributed by atoms with Gasteiger partial charge in [-0.05, 0) is 36.6 Å². The van der Waals surface area contributed by atoms with E-state index in [1.807, 2.05) is 18.2 Å². The Balaban J connectivity index is 1.19. The van der Waals surface area contributed by atoms with Crippen molar-refractivity contribution in [2.75, 3.05) is 37.6 Å². The molecule has 1 N–H and O–H groups in total. The molecule has 1 aromatic heterocycles. The quantitative estimate of drug-likeness (QED) is 0.746. The zero-order chi connectivity index (χ0) is 22.2. The van der Waals surface area contributed by atoms with E-state index in [9.17, 15) is 14.4 Å². The van der Waals surface area contributed by atoms with Crippen LogP contribution in [-0.2, 0) is 9.59 Å². The van der Waals surface area contributed by atoms with E-state index >= 15 is 0 Å². The van der Waals surface area contributed by atoms with Crippen molar-refractivity contribution in [3.8, 4) is 0 Å². The number of nitrogens with zero attached hydrogens (tertiary/aromatic N) is 4. The van der Waals surface area contributed by atoms with Crippen LogP contribution in [0.25, 0.3) is 0 Å². The Morgan fingerprint density at radius 1 is 1.06 bits per heavy atom. The van der Waals surface area contributed by atoms with Crippen molar-refractivity contribution < 1.29 is 14.4 Å². The molecule has 3 amide bonds. The van der Waals surface area contributed by atoms with E-state index in [4.69, 9.17) is 11.6 Å². The van der Waals surface area contributed by atoms with E-state index in [-0.39, 0.29) is 30.3 Å². The van der Waals surface area contributed by atoms with Crippen LogP contribution in [0.1, 0.15) is 34.8 Å². The summed E-state index contributed by atoms with van der Waals surface area (Å²) < 4.78 is 0. The van der Waals surface area contributed by atoms with Gasteiger partial charge in [0.25, 0.3) is 5.91 Å². The molecule has 0 radical (unpaired) electrons. The summed E-state index contributed by atoms with van der Waals surface area (Å²) >= 11 is 6.23. The SMILES string of the molecule is O=C(NCC(=O)N1CCN(c2ncccc2Cl)CC1)C1c2ccccc2C(=O)N1C1CC1. The fourth-order valence-corrected chi connectivity index (χ4v) is 4.72. The zero-order valence-electron chi connectivity index (χ0n) is 17.5. The van der Waals surface area contributed by atoms with Crippen molar-refractivity contribution in [2.45, 2.75) is 24.9 Å². The third-order valence-electron chi connectivity index (χ3n) is 6.27. The maximum atomic E-state index is 13.1. The molecule has 9 heteroatoms. The van der Waals surface area contributed by atoms with Crippen molar-refractivity contribution in [2.24, 2.45) is 0 Å². The number of carbonyl (C=O) groups is 3. The lowest BCUT2D eigenvalue weighted by Gasteiger charge is -2.35. The summed E-state index contributed by atoms with van der Waals surface area (Å²) in [4.78, 5) is 48.4. The predicted molar refractivity (Wildman–Crippen MR) is 119 cm³/mol. The zero-order valence-corrected chi connectivity index (χ0v) is 18.3. The van der Waals surface area contributed by atoms with Gasteiger partial charge in [-0.15, -0.1) is 0 Å². The van der Waals surface area contributed by atoms with Crippen molar-refractivity contribution in [3.63, 3.8) is 0 Å². The van der Waals surface area contributed by atoms with Crippen LogP contribution in [0.3, 0.4) is 0 Å². The van der Waals surface area contributed by atoms with Crippen LogP contribution < -0.4 is 10.2 Å². The van der Waals surface area contributed by atoms with E-state index in [0.717, 1.165) is 24.2 Å². The number of amides is 3. The van der Waals surface area contributed by atoms with Crippen LogP contribution >= 0.6 is 11.6 Å². The highest BCUT2D eigenvalue weighted by Crippen LogP contribution is 2.41. The average molecular weight is 454 g/mol. The molecule has 1 aliphatic carbocycles. The van der Waals surface area contributed by atoms with Gasteiger partial charge in [0.15, 0.2) is 0 Å². The monoisotopic (exact) mass is 453 g/mol. The number of anilines is 1. The minimum atomic E-state index is -0.665. The van der Waals surface area contributed by atoms with E-state index in [1.165, 1.54) is 0 Å². The molecule has 5 rings (SSSR count). The van der Waals surface area contributed by atoms with Gasteiger partial charge in [-0.2, -0.15) is 0 Å². The van der Waals surface area contributed by atoms with Crippen molar-refractivity contribution >= 4 is 35.1 Å². The van der Waals surface area contributed by atoms with Crippen LogP contribution in [0.5, 0.6) is 0 Å². The summed E-state index contributed by atoms with van der Waals surface area (Å²) in [6, 6.07) is 10.3. The van der Waals surface area contributed by atoms with Crippen molar-refractivity contribution in [3.05, 3.63) is 58.7 Å². The van der Waals surface area contributed by atoms with Crippen molar-refractivity contribution in [1.82, 2.24) is 20.1 Å². The van der Waals surface area contributed by atoms with Gasteiger partial charge >= 0.3 is 0 Å². The molecule has 1 unspecified atom stereocenters. The summed E-state index contributed by atoms with van der Waals surface area (Å²) in [5.41, 5.74) is 1.30. The third-order valence-corrected chi connectivity index (χ3v) is 6.57. The number of fused-ring (bicyclic) bond motifs is 1. The van der Waals surface area contributed by atoms with Gasteiger partial charge in [0.05, 0.1) is 11.6 Å². The van der Waals surface area contributed by atoms with Gasteiger partial charge in [0.2, 0.25) is 11.8 Å². The number of nitrogens with one attached hydrogen (secondary N) is 1. The van der Waals surface area contributed by atoms with Crippen LogP contribution in [0.4, 0.5) is 5.82 Å². The second-order valence-electron chi connectivity index (χ2n) is 8.33. The number of benzene rings is 1. The van der Waals surface area contributed by atoms with Crippen LogP contribution in [-0.4, -0.2) is 71.3 Å². The standard InChI is InChI=1S/C23H24ClN5O3/c24-18-6-3-9-25-21(18)28-12-10-27(11-13-28)19(30)14-26-22(31)20-16-4-1-2-5-17(16)23(32)29(20)15-7-8-15/h1-6,9,15,20H,7-8,10-14H2,(H,26,31). The lowest BCUT2D eigenvalue weighted by molar-refractivity contribution is -0.134. The molecule has 166 valence electrons. The summed E-state index contributed by atoms with van der Waals surface area (Å²) in [6.45, 7) is 2.21. The number of aromatic nitrogens is 1. The Morgan fingerprint density at radius 3 is 2.53 bits per heavy atom. The molecular formula is C23H24ClN5O3. The molecule has 0 bridgehead atoms. The molecule has 3 heterocycles. The largest absolute Gasteiger partial charge is 0.352 e. The lowest BCUT2D eigenvalue weighted by atomic mass is 10.0. The number of halogens is 1. The topological polar surface area (TPSA) is 85.9 Å². The molecule has 1 aromatic carbocycles. The molecule has 0 spiro atoms. The first kappa shape index (κ1) is 20.8. The normalized spacial score (nSPS) is 20.3. The number of hydrogen-bond acceptors (Lipinski definition) is 5. The van der Waals surface area contributed by atoms with E-state index in [1.54, 1.807) is 34.2 Å². The number of piperazine rings is 1. The van der Waals surface area contributed by atoms with E-state index in [2.05, 4.69) is 15.2 Å². The summed E-state index contributed by atoms with van der Waals surface area (Å²) in [6.07, 6.45) is 3.52. The molecule has 8 nitrogen and oxygen atoms in total. The van der Waals surface area contributed by atoms with Gasteiger partial charge < -0.3 is 20.0 Å². The molecule has 3 aliphatic rings. The Morgan fingerprint density at radius 2 is 1.81 bits per heavy atom. The van der Waals surface area contributed by atoms with Crippen LogP contribution in [0.15, 0.2) is 42.6 Å². The molecule has 1 atom stereocenters. The van der Waals surface area contributed by atoms with E-state index < -0.39 is 6.04 Å². The Kier molecular flexibility index (Phi) is 5.46. The van der Waals surface area contributed by atoms with Gasteiger partial charge in [-0.3, -0.25) is 14.4 Å². The number of pyridine rings is 1. The molecule has 1 saturated heterocycles. The maximum absolute atomic E-state index is 13.1. The predicted octanol–water partition coefficient (Wildman–Crippen LogP) is 1.86. The summed E-state index contributed by atoms with van der Waals surface area (Å²) in [5.74, 6) is 0.182. The first-order valence-corrected chi connectivity index (χ1v) is 11.2. The van der Waals surface area contributed by atoms with Gasteiger partial charge in [-0.1, -0.05) is 29.8 Å². The fraction of sp³-hybridized carbons (Fsp3) is 0.391. The maximum Gasteiger partial charge on any atom is 0.255 e. The Hall–Kier alpha value is -3.13. The number of rotatable bonds is 5. The molecular weight excluding hydrogens is 430 g/mol. The third kappa shape index (κ3) is 3.79. The average Bonchev–Trinajstić information content (AvgIpc) is 3.61. The lowest BCUT2D eigenvalue weighted by Crippen LogP contribution is -2.52. The Labute approximate surface area is 191 Å². The van der Waals surface area contributed by atoms with Crippen LogP contribution in [0.2, 0.25) is 5.02 Å². The highest BCUT2D eigenvalue weighted by Gasteiger charge is 2.47. The molecule has 1 saturated carbocycles. The van der Waals surface area contributed by atoms with E-state index in [0.29, 0.717) is 36.8 Å². The fourth-order valence-electron chi connectivity index (χ4n) is 4.48. The van der Waals surface area contributed by atoms with Crippen molar-refractivity contribution in [1.29, 1.82) is 0 Å². The summed E-state index contributed by atoms with van der Waals surface area (Å²) in [5, 5.41) is 3.37. The highest BCUT2D eigenvalue weighted by atomic mass is 35.5. The molecule has 2 fully saturated rings.